The summed E-state index contributed by atoms with van der Waals surface area (Å²) in [5.74, 6) is -3.72. The normalized spacial score (nSPS) is 18.2. The van der Waals surface area contributed by atoms with Crippen LogP contribution in [0.3, 0.4) is 0 Å². The number of pyridine rings is 1. The zero-order valence-corrected chi connectivity index (χ0v) is 31.4. The summed E-state index contributed by atoms with van der Waals surface area (Å²) in [7, 11) is -2.56. The number of Topliss-reactive ketones (excluding diaryl/α,β-unsaturated/α-hetero) is 1. The van der Waals surface area contributed by atoms with Crippen LogP contribution >= 0.6 is 0 Å². The van der Waals surface area contributed by atoms with Gasteiger partial charge in [-0.15, -0.1) is 12.3 Å². The summed E-state index contributed by atoms with van der Waals surface area (Å²) < 4.78 is 27.7. The number of aromatic nitrogens is 1. The number of likely N-dealkylation sites (tertiary alicyclic amines) is 1. The largest absolute Gasteiger partial charge is 0.347 e. The molecule has 15 heteroatoms. The molecule has 2 aliphatic rings. The first-order chi connectivity index (χ1) is 25.1. The zero-order chi connectivity index (χ0) is 38.9. The van der Waals surface area contributed by atoms with Gasteiger partial charge in [0.25, 0.3) is 15.9 Å². The molecule has 1 aliphatic heterocycles. The Hall–Kier alpha value is -5.11. The Labute approximate surface area is 311 Å². The highest BCUT2D eigenvalue weighted by atomic mass is 32.2. The van der Waals surface area contributed by atoms with Crippen LogP contribution in [0.15, 0.2) is 84.7 Å². The van der Waals surface area contributed by atoms with Crippen LogP contribution in [-0.2, 0) is 42.0 Å². The van der Waals surface area contributed by atoms with Crippen LogP contribution in [0.5, 0.6) is 0 Å². The van der Waals surface area contributed by atoms with E-state index in [9.17, 15) is 32.4 Å². The Balaban J connectivity index is 1.58. The van der Waals surface area contributed by atoms with E-state index >= 15 is 0 Å². The number of urea groups is 1. The number of nitrogens with one attached hydrogen (secondary N) is 4. The van der Waals surface area contributed by atoms with Gasteiger partial charge in [0, 0.05) is 44.8 Å². The topological polar surface area (TPSA) is 187 Å². The number of likely N-dealkylation sites (N-methyl/N-ethyl adjacent to an activating group) is 1. The molecule has 0 bridgehead atoms. The van der Waals surface area contributed by atoms with E-state index in [1.165, 1.54) is 30.3 Å². The van der Waals surface area contributed by atoms with E-state index in [4.69, 9.17) is 0 Å². The lowest BCUT2D eigenvalue weighted by Gasteiger charge is -2.36. The molecule has 1 fully saturated rings. The fourth-order valence-electron chi connectivity index (χ4n) is 6.62. The Bertz CT molecular complexity index is 1830. The molecule has 2 heterocycles. The summed E-state index contributed by atoms with van der Waals surface area (Å²) in [5, 5.41) is 10.6. The fraction of sp³-hybridized carbons (Fsp3) is 0.447. The predicted octanol–water partition coefficient (Wildman–Crippen LogP) is 1.75. The molecule has 2 aromatic rings. The summed E-state index contributed by atoms with van der Waals surface area (Å²) in [6.07, 6.45) is 5.79. The Kier molecular flexibility index (Phi) is 13.5. The fourth-order valence-corrected chi connectivity index (χ4v) is 7.73. The number of benzene rings is 1. The molecule has 284 valence electrons. The summed E-state index contributed by atoms with van der Waals surface area (Å²) in [6.45, 7) is 12.3. The van der Waals surface area contributed by atoms with Crippen LogP contribution in [0, 0.1) is 17.3 Å². The van der Waals surface area contributed by atoms with Crippen molar-refractivity contribution in [2.24, 2.45) is 17.3 Å². The maximum absolute atomic E-state index is 14.6. The minimum atomic E-state index is -3.97. The van der Waals surface area contributed by atoms with Crippen molar-refractivity contribution in [2.75, 3.05) is 33.2 Å². The van der Waals surface area contributed by atoms with E-state index in [2.05, 4.69) is 45.1 Å². The molecule has 53 heavy (non-hydrogen) atoms. The Morgan fingerprint density at radius 2 is 1.70 bits per heavy atom. The van der Waals surface area contributed by atoms with Gasteiger partial charge in [-0.1, -0.05) is 63.8 Å². The van der Waals surface area contributed by atoms with E-state index in [-0.39, 0.29) is 30.6 Å². The molecule has 0 saturated carbocycles. The van der Waals surface area contributed by atoms with Gasteiger partial charge in [-0.3, -0.25) is 19.2 Å². The van der Waals surface area contributed by atoms with Crippen LogP contribution < -0.4 is 21.3 Å². The molecule has 14 nitrogen and oxygen atoms in total. The predicted molar refractivity (Wildman–Crippen MR) is 199 cm³/mol. The lowest BCUT2D eigenvalue weighted by Crippen LogP contribution is -2.60. The molecule has 0 unspecified atom stereocenters. The molecule has 1 aromatic carbocycles. The average Bonchev–Trinajstić information content (AvgIpc) is 3.75. The first-order valence-corrected chi connectivity index (χ1v) is 18.9. The first kappa shape index (κ1) is 40.7. The first-order valence-electron chi connectivity index (χ1n) is 17.5. The van der Waals surface area contributed by atoms with Gasteiger partial charge in [0.2, 0.25) is 17.6 Å². The van der Waals surface area contributed by atoms with Gasteiger partial charge in [-0.25, -0.2) is 18.2 Å². The molecule has 4 N–H and O–H groups in total. The van der Waals surface area contributed by atoms with Gasteiger partial charge in [-0.2, -0.15) is 4.31 Å². The smallest absolute Gasteiger partial charge is 0.315 e. The number of hydrogen-bond donors (Lipinski definition) is 4. The monoisotopic (exact) mass is 747 g/mol. The second-order valence-electron chi connectivity index (χ2n) is 14.3. The molecule has 1 saturated heterocycles. The second-order valence-corrected chi connectivity index (χ2v) is 16.3. The van der Waals surface area contributed by atoms with Gasteiger partial charge in [0.1, 0.15) is 12.1 Å². The van der Waals surface area contributed by atoms with E-state index in [1.54, 1.807) is 18.2 Å². The number of rotatable bonds is 15. The van der Waals surface area contributed by atoms with Gasteiger partial charge >= 0.3 is 6.03 Å². The maximum atomic E-state index is 14.6. The minimum Gasteiger partial charge on any atom is -0.347 e. The van der Waals surface area contributed by atoms with Crippen molar-refractivity contribution in [1.29, 1.82) is 0 Å². The number of fused-ring (bicyclic) bond motifs is 1. The van der Waals surface area contributed by atoms with Gasteiger partial charge in [0.05, 0.1) is 6.54 Å². The molecule has 1 aromatic heterocycles. The lowest BCUT2D eigenvalue weighted by atomic mass is 9.86. The van der Waals surface area contributed by atoms with E-state index in [0.29, 0.717) is 19.3 Å². The second kappa shape index (κ2) is 17.6. The summed E-state index contributed by atoms with van der Waals surface area (Å²) >= 11 is 0. The molecule has 5 amide bonds. The van der Waals surface area contributed by atoms with Gasteiger partial charge in [0.15, 0.2) is 5.03 Å². The molecule has 0 spiro atoms. The van der Waals surface area contributed by atoms with Crippen molar-refractivity contribution in [3.63, 3.8) is 0 Å². The summed E-state index contributed by atoms with van der Waals surface area (Å²) in [5.41, 5.74) is 4.17. The van der Waals surface area contributed by atoms with Crippen LogP contribution in [0.2, 0.25) is 0 Å². The highest BCUT2D eigenvalue weighted by molar-refractivity contribution is 7.89. The lowest BCUT2D eigenvalue weighted by molar-refractivity contribution is -0.142. The number of hydrogen-bond acceptors (Lipinski definition) is 8. The van der Waals surface area contributed by atoms with Crippen molar-refractivity contribution < 1.29 is 32.4 Å². The third-order valence-corrected chi connectivity index (χ3v) is 11.4. The van der Waals surface area contributed by atoms with Gasteiger partial charge < -0.3 is 26.2 Å². The number of ketones is 1. The minimum absolute atomic E-state index is 0.0834. The number of carbonyl (C=O) groups is 5. The number of carbonyl (C=O) groups excluding carboxylic acids is 5. The van der Waals surface area contributed by atoms with Crippen LogP contribution in [0.1, 0.15) is 38.3 Å². The van der Waals surface area contributed by atoms with Crippen LogP contribution in [0.25, 0.3) is 0 Å². The van der Waals surface area contributed by atoms with Crippen LogP contribution in [-0.4, -0.2) is 103 Å². The van der Waals surface area contributed by atoms with E-state index in [1.807, 2.05) is 45.0 Å². The van der Waals surface area contributed by atoms with Crippen molar-refractivity contribution in [3.8, 4) is 0 Å². The molecule has 4 atom stereocenters. The number of amides is 5. The van der Waals surface area contributed by atoms with Gasteiger partial charge in [-0.05, 0) is 59.9 Å². The number of sulfonamides is 1. The van der Waals surface area contributed by atoms with E-state index < -0.39 is 75.6 Å². The molecule has 0 radical (unpaired) electrons. The van der Waals surface area contributed by atoms with Crippen molar-refractivity contribution >= 4 is 39.6 Å². The standard InChI is InChI=1S/C38H49N7O7S/c1-7-13-25-17-20-45(33(25)35(48)41-23-29(46)34(47)40-18-8-2)36(49)32(28-21-26-14-9-10-15-27(26)22-28)43-37(50)42-30(38(3,4)5)24-44(6)53(51,52)31-16-11-12-19-39-31/h8-16,19,25,28,30,32-33H,1-2,17-18,20-24H2,3-6H3,(H,40,47)(H,41,48)(H2,42,43,50)/t25-,30+,32-,33-/m0/s1. The SMILES string of the molecule is C=C=C[C@H]1CCN(C(=O)[C@@H](NC(=O)N[C@H](CN(C)S(=O)(=O)c2ccccn2)C(C)(C)C)C2Cc3ccccc3C2)[C@@H]1C(=O)NCC(=O)C(=O)NCC=C. The third kappa shape index (κ3) is 10.1. The number of nitrogens with zero attached hydrogens (tertiary/aromatic N) is 3. The van der Waals surface area contributed by atoms with Crippen LogP contribution in [0.4, 0.5) is 4.79 Å². The molecular formula is C38H49N7O7S. The van der Waals surface area contributed by atoms with Crippen molar-refractivity contribution in [1.82, 2.24) is 35.5 Å². The highest BCUT2D eigenvalue weighted by Gasteiger charge is 2.46. The third-order valence-electron chi connectivity index (χ3n) is 9.62. The van der Waals surface area contributed by atoms with Crippen molar-refractivity contribution in [3.05, 3.63) is 90.8 Å². The molecule has 1 aliphatic carbocycles. The molecule has 4 rings (SSSR count). The highest BCUT2D eigenvalue weighted by Crippen LogP contribution is 2.33. The molecular weight excluding hydrogens is 699 g/mol. The van der Waals surface area contributed by atoms with Crippen molar-refractivity contribution in [2.45, 2.75) is 63.2 Å². The summed E-state index contributed by atoms with van der Waals surface area (Å²) in [6, 6.07) is 8.84. The Morgan fingerprint density at radius 3 is 2.28 bits per heavy atom. The zero-order valence-electron chi connectivity index (χ0n) is 30.6. The maximum Gasteiger partial charge on any atom is 0.315 e. The van der Waals surface area contributed by atoms with E-state index in [0.717, 1.165) is 15.4 Å². The Morgan fingerprint density at radius 1 is 1.04 bits per heavy atom. The quantitative estimate of drug-likeness (QED) is 0.121. The summed E-state index contributed by atoms with van der Waals surface area (Å²) in [4.78, 5) is 72.0. The average molecular weight is 748 g/mol.